The van der Waals surface area contributed by atoms with Gasteiger partial charge in [0.25, 0.3) is 5.69 Å². The molecule has 0 spiro atoms. The van der Waals surface area contributed by atoms with Crippen LogP contribution < -0.4 is 0 Å². The highest BCUT2D eigenvalue weighted by Gasteiger charge is 2.64. The fourth-order valence-corrected chi connectivity index (χ4v) is 8.76. The van der Waals surface area contributed by atoms with Gasteiger partial charge in [-0.1, -0.05) is 46.2 Å². The molecule has 0 radical (unpaired) electrons. The van der Waals surface area contributed by atoms with Crippen molar-refractivity contribution in [3.05, 3.63) is 70.3 Å². The minimum atomic E-state index is -7.24. The van der Waals surface area contributed by atoms with Crippen molar-refractivity contribution in [2.75, 3.05) is 13.1 Å². The maximum absolute atomic E-state index is 13.4. The van der Waals surface area contributed by atoms with E-state index in [1.807, 2.05) is 0 Å². The van der Waals surface area contributed by atoms with E-state index in [1.165, 1.54) is 30.3 Å². The number of rotatable bonds is 7. The summed E-state index contributed by atoms with van der Waals surface area (Å²) in [7, 11) is -19.6. The Morgan fingerprint density at radius 3 is 1.77 bits per heavy atom. The highest BCUT2D eigenvalue weighted by atomic mass is 32.3. The van der Waals surface area contributed by atoms with Gasteiger partial charge in [-0.05, 0) is 24.0 Å². The van der Waals surface area contributed by atoms with Crippen LogP contribution in [0.4, 0.5) is 32.0 Å². The van der Waals surface area contributed by atoms with Gasteiger partial charge in [-0.25, -0.2) is 25.3 Å². The highest BCUT2D eigenvalue weighted by Crippen LogP contribution is 2.42. The molecule has 2 aromatic rings. The molecule has 0 N–H and O–H groups in total. The summed E-state index contributed by atoms with van der Waals surface area (Å²) in [6, 6.07) is 7.81. The van der Waals surface area contributed by atoms with Gasteiger partial charge in [0, 0.05) is 19.2 Å². The van der Waals surface area contributed by atoms with Crippen molar-refractivity contribution in [1.82, 2.24) is 8.02 Å². The van der Waals surface area contributed by atoms with Crippen molar-refractivity contribution in [3.8, 4) is 0 Å². The summed E-state index contributed by atoms with van der Waals surface area (Å²) >= 11 is 0. The van der Waals surface area contributed by atoms with Gasteiger partial charge in [0.2, 0.25) is 10.0 Å². The molecule has 0 unspecified atom stereocenters. The Morgan fingerprint density at radius 1 is 0.795 bits per heavy atom. The molecule has 0 amide bonds. The predicted octanol–water partition coefficient (Wildman–Crippen LogP) is 3.14. The van der Waals surface area contributed by atoms with Gasteiger partial charge in [0.15, 0.2) is 4.90 Å². The number of nitro groups is 1. The molecule has 0 aliphatic carbocycles. The zero-order valence-electron chi connectivity index (χ0n) is 19.1. The first-order valence-electron chi connectivity index (χ1n) is 10.4. The summed E-state index contributed by atoms with van der Waals surface area (Å²) in [6.07, 6.45) is -0.975. The van der Waals surface area contributed by atoms with Gasteiger partial charge in [-0.15, -0.1) is 0 Å². The second-order valence-corrected chi connectivity index (χ2v) is 13.9. The zero-order chi connectivity index (χ0) is 29.6. The highest BCUT2D eigenvalue weighted by molar-refractivity contribution is 8.04. The number of nitrogens with zero attached hydrogens (tertiary/aromatic N) is 3. The molecule has 3 rings (SSSR count). The Hall–Kier alpha value is -2.81. The number of benzene rings is 2. The van der Waals surface area contributed by atoms with E-state index in [0.717, 1.165) is 24.3 Å². The molecule has 1 aliphatic heterocycles. The van der Waals surface area contributed by atoms with Crippen LogP contribution in [0.15, 0.2) is 59.5 Å². The SMILES string of the molecule is O=[N+]([O-])c1ccccc1S(=O)(=O)N1C[C@@H](c2ccccc2)C[C@@H](N(S(=O)(=O)C(F)(F)F)S(=O)(=O)C(F)(F)F)C1. The number of alkyl halides is 6. The van der Waals surface area contributed by atoms with E-state index in [9.17, 15) is 61.7 Å². The molecular formula is C19H17F6N3O8S3. The monoisotopic (exact) mass is 625 g/mol. The lowest BCUT2D eigenvalue weighted by Gasteiger charge is -2.41. The molecule has 39 heavy (non-hydrogen) atoms. The van der Waals surface area contributed by atoms with Crippen LogP contribution in [0.2, 0.25) is 0 Å². The maximum Gasteiger partial charge on any atom is 0.512 e. The van der Waals surface area contributed by atoms with Gasteiger partial charge >= 0.3 is 31.1 Å². The third-order valence-electron chi connectivity index (χ3n) is 5.70. The number of nitro benzene ring substituents is 1. The van der Waals surface area contributed by atoms with Crippen LogP contribution in [-0.2, 0) is 30.1 Å². The van der Waals surface area contributed by atoms with Crippen LogP contribution in [0.1, 0.15) is 17.9 Å². The number of hydrogen-bond acceptors (Lipinski definition) is 8. The third kappa shape index (κ3) is 5.74. The Kier molecular flexibility index (Phi) is 8.12. The molecule has 1 saturated heterocycles. The van der Waals surface area contributed by atoms with Gasteiger partial charge in [-0.2, -0.15) is 30.6 Å². The number of halogens is 6. The average Bonchev–Trinajstić information content (AvgIpc) is 2.82. The standard InChI is InChI=1S/C19H17F6N3O8S3/c20-18(21,22)38(33,34)28(39(35,36)19(23,24)25)15-10-14(13-6-2-1-3-7-13)11-26(12-15)37(31,32)17-9-5-4-8-16(17)27(29)30/h1-9,14-15H,10-12H2/t14-,15+/m0/s1. The lowest BCUT2D eigenvalue weighted by atomic mass is 9.89. The van der Waals surface area contributed by atoms with Gasteiger partial charge < -0.3 is 0 Å². The minimum absolute atomic E-state index is 0.124. The van der Waals surface area contributed by atoms with E-state index >= 15 is 0 Å². The molecule has 2 aromatic carbocycles. The molecule has 11 nitrogen and oxygen atoms in total. The second kappa shape index (κ2) is 10.3. The number of para-hydroxylation sites is 1. The first kappa shape index (κ1) is 30.7. The van der Waals surface area contributed by atoms with Crippen molar-refractivity contribution in [1.29, 1.82) is 0 Å². The lowest BCUT2D eigenvalue weighted by Crippen LogP contribution is -2.59. The van der Waals surface area contributed by atoms with E-state index < -0.39 is 91.8 Å². The Balaban J connectivity index is 2.27. The molecule has 20 heteroatoms. The summed E-state index contributed by atoms with van der Waals surface area (Å²) in [5.41, 5.74) is -13.9. The van der Waals surface area contributed by atoms with Crippen LogP contribution in [0, 0.1) is 10.1 Å². The van der Waals surface area contributed by atoms with Gasteiger partial charge in [0.05, 0.1) is 11.0 Å². The lowest BCUT2D eigenvalue weighted by molar-refractivity contribution is -0.387. The third-order valence-corrected chi connectivity index (χ3v) is 11.5. The second-order valence-electron chi connectivity index (χ2n) is 8.17. The van der Waals surface area contributed by atoms with E-state index in [-0.39, 0.29) is 9.87 Å². The van der Waals surface area contributed by atoms with Crippen LogP contribution in [0.25, 0.3) is 0 Å². The van der Waals surface area contributed by atoms with Crippen molar-refractivity contribution in [3.63, 3.8) is 0 Å². The quantitative estimate of drug-likeness (QED) is 0.259. The molecule has 1 aliphatic rings. The number of piperidine rings is 1. The van der Waals surface area contributed by atoms with E-state index in [2.05, 4.69) is 0 Å². The van der Waals surface area contributed by atoms with E-state index in [1.54, 1.807) is 0 Å². The summed E-state index contributed by atoms with van der Waals surface area (Å²) in [5.74, 6) is -1.32. The topological polar surface area (TPSA) is 152 Å². The molecule has 0 aromatic heterocycles. The van der Waals surface area contributed by atoms with E-state index in [0.29, 0.717) is 0 Å². The molecule has 2 atom stereocenters. The van der Waals surface area contributed by atoms with Crippen molar-refractivity contribution in [2.24, 2.45) is 0 Å². The van der Waals surface area contributed by atoms with Crippen molar-refractivity contribution in [2.45, 2.75) is 34.3 Å². The van der Waals surface area contributed by atoms with Crippen LogP contribution >= 0.6 is 0 Å². The average molecular weight is 626 g/mol. The zero-order valence-corrected chi connectivity index (χ0v) is 21.5. The number of sulfonamides is 3. The Morgan fingerprint density at radius 2 is 1.28 bits per heavy atom. The van der Waals surface area contributed by atoms with E-state index in [4.69, 9.17) is 0 Å². The van der Waals surface area contributed by atoms with Crippen molar-refractivity contribution >= 4 is 35.8 Å². The minimum Gasteiger partial charge on any atom is -0.258 e. The predicted molar refractivity (Wildman–Crippen MR) is 121 cm³/mol. The summed E-state index contributed by atoms with van der Waals surface area (Å²) in [4.78, 5) is 9.31. The molecule has 0 bridgehead atoms. The first-order valence-corrected chi connectivity index (χ1v) is 14.8. The van der Waals surface area contributed by atoms with Gasteiger partial charge in [0.1, 0.15) is 0 Å². The molecule has 216 valence electrons. The Bertz CT molecular complexity index is 1520. The normalized spacial score (nSPS) is 20.2. The largest absolute Gasteiger partial charge is 0.512 e. The summed E-state index contributed by atoms with van der Waals surface area (Å²) < 4.78 is 155. The van der Waals surface area contributed by atoms with Crippen LogP contribution in [0.3, 0.4) is 0 Å². The molecular weight excluding hydrogens is 608 g/mol. The fourth-order valence-electron chi connectivity index (χ4n) is 4.04. The number of hydrogen-bond donors (Lipinski definition) is 0. The molecule has 1 heterocycles. The van der Waals surface area contributed by atoms with Crippen LogP contribution in [-0.4, -0.2) is 68.3 Å². The first-order chi connectivity index (χ1) is 17.7. The molecule has 1 fully saturated rings. The fraction of sp³-hybridized carbons (Fsp3) is 0.368. The van der Waals surface area contributed by atoms with Crippen molar-refractivity contribution < 1.29 is 56.5 Å². The van der Waals surface area contributed by atoms with Gasteiger partial charge in [-0.3, -0.25) is 10.1 Å². The summed E-state index contributed by atoms with van der Waals surface area (Å²) in [5, 5.41) is 11.4. The summed E-state index contributed by atoms with van der Waals surface area (Å²) in [6.45, 7) is -2.18. The smallest absolute Gasteiger partial charge is 0.258 e. The van der Waals surface area contributed by atoms with Crippen LogP contribution in [0.5, 0.6) is 0 Å². The molecule has 0 saturated carbocycles. The maximum atomic E-state index is 13.4. The Labute approximate surface area is 217 Å².